The molecular formula is C11H15FO3. The summed E-state index contributed by atoms with van der Waals surface area (Å²) in [5, 5.41) is 9.41. The molecule has 0 aliphatic carbocycles. The van der Waals surface area contributed by atoms with Crippen molar-refractivity contribution in [2.24, 2.45) is 0 Å². The standard InChI is InChI=1S/C11H15FO3/c1-3-14-7-15-11-6-9(12)4-5-10(11)8(2)13/h4-6,8,13H,3,7H2,1-2H3/t8-/m1/s1. The second-order valence-corrected chi connectivity index (χ2v) is 3.11. The predicted octanol–water partition coefficient (Wildman–Crippen LogP) is 2.25. The molecule has 0 aliphatic heterocycles. The third-order valence-electron chi connectivity index (χ3n) is 1.93. The summed E-state index contributed by atoms with van der Waals surface area (Å²) in [5.74, 6) is -0.0793. The molecule has 0 radical (unpaired) electrons. The van der Waals surface area contributed by atoms with Crippen molar-refractivity contribution in [2.45, 2.75) is 20.0 Å². The van der Waals surface area contributed by atoms with Crippen molar-refractivity contribution in [2.75, 3.05) is 13.4 Å². The predicted molar refractivity (Wildman–Crippen MR) is 54.2 cm³/mol. The van der Waals surface area contributed by atoms with Crippen molar-refractivity contribution in [1.29, 1.82) is 0 Å². The van der Waals surface area contributed by atoms with Crippen LogP contribution in [0.2, 0.25) is 0 Å². The fraction of sp³-hybridized carbons (Fsp3) is 0.455. The number of ether oxygens (including phenoxy) is 2. The van der Waals surface area contributed by atoms with Gasteiger partial charge in [-0.25, -0.2) is 4.39 Å². The van der Waals surface area contributed by atoms with Gasteiger partial charge in [0.15, 0.2) is 6.79 Å². The van der Waals surface area contributed by atoms with Gasteiger partial charge in [0.1, 0.15) is 11.6 Å². The van der Waals surface area contributed by atoms with E-state index in [1.54, 1.807) is 6.92 Å². The van der Waals surface area contributed by atoms with Crippen LogP contribution >= 0.6 is 0 Å². The maximum atomic E-state index is 12.9. The van der Waals surface area contributed by atoms with Gasteiger partial charge in [-0.05, 0) is 26.0 Å². The molecular weight excluding hydrogens is 199 g/mol. The fourth-order valence-corrected chi connectivity index (χ4v) is 1.17. The molecule has 0 bridgehead atoms. The Bertz CT molecular complexity index is 313. The maximum Gasteiger partial charge on any atom is 0.189 e. The molecule has 0 saturated carbocycles. The van der Waals surface area contributed by atoms with Gasteiger partial charge in [-0.1, -0.05) is 0 Å². The molecule has 1 rings (SSSR count). The van der Waals surface area contributed by atoms with Crippen LogP contribution in [0.4, 0.5) is 4.39 Å². The van der Waals surface area contributed by atoms with E-state index < -0.39 is 11.9 Å². The first-order valence-corrected chi connectivity index (χ1v) is 4.83. The zero-order valence-electron chi connectivity index (χ0n) is 8.87. The van der Waals surface area contributed by atoms with Crippen molar-refractivity contribution in [3.8, 4) is 5.75 Å². The molecule has 3 nitrogen and oxygen atoms in total. The van der Waals surface area contributed by atoms with E-state index in [4.69, 9.17) is 9.47 Å². The molecule has 0 aromatic heterocycles. The van der Waals surface area contributed by atoms with Gasteiger partial charge in [0.2, 0.25) is 0 Å². The highest BCUT2D eigenvalue weighted by Crippen LogP contribution is 2.25. The molecule has 15 heavy (non-hydrogen) atoms. The van der Waals surface area contributed by atoms with Crippen molar-refractivity contribution in [1.82, 2.24) is 0 Å². The van der Waals surface area contributed by atoms with Crippen LogP contribution in [0.15, 0.2) is 18.2 Å². The summed E-state index contributed by atoms with van der Waals surface area (Å²) in [6.45, 7) is 4.02. The molecule has 0 saturated heterocycles. The maximum absolute atomic E-state index is 12.9. The fourth-order valence-electron chi connectivity index (χ4n) is 1.17. The lowest BCUT2D eigenvalue weighted by Crippen LogP contribution is -2.05. The molecule has 84 valence electrons. The van der Waals surface area contributed by atoms with E-state index in [1.807, 2.05) is 6.92 Å². The number of hydrogen-bond donors (Lipinski definition) is 1. The Morgan fingerprint density at radius 3 is 2.80 bits per heavy atom. The Hall–Kier alpha value is -1.13. The first kappa shape index (κ1) is 11.9. The Kier molecular flexibility index (Phi) is 4.52. The number of aliphatic hydroxyl groups is 1. The van der Waals surface area contributed by atoms with E-state index in [2.05, 4.69) is 0 Å². The highest BCUT2D eigenvalue weighted by atomic mass is 19.1. The van der Waals surface area contributed by atoms with E-state index in [1.165, 1.54) is 18.2 Å². The SMILES string of the molecule is CCOCOc1cc(F)ccc1[C@@H](C)O. The Morgan fingerprint density at radius 2 is 2.20 bits per heavy atom. The lowest BCUT2D eigenvalue weighted by Gasteiger charge is -2.13. The van der Waals surface area contributed by atoms with E-state index in [0.717, 1.165) is 0 Å². The number of hydrogen-bond acceptors (Lipinski definition) is 3. The van der Waals surface area contributed by atoms with Crippen molar-refractivity contribution in [3.05, 3.63) is 29.6 Å². The third-order valence-corrected chi connectivity index (χ3v) is 1.93. The zero-order chi connectivity index (χ0) is 11.3. The van der Waals surface area contributed by atoms with Gasteiger partial charge < -0.3 is 14.6 Å². The van der Waals surface area contributed by atoms with Crippen LogP contribution in [0.25, 0.3) is 0 Å². The smallest absolute Gasteiger partial charge is 0.189 e. The lowest BCUT2D eigenvalue weighted by atomic mass is 10.1. The minimum Gasteiger partial charge on any atom is -0.467 e. The molecule has 0 aliphatic rings. The highest BCUT2D eigenvalue weighted by molar-refractivity contribution is 5.35. The van der Waals surface area contributed by atoms with Crippen molar-refractivity contribution in [3.63, 3.8) is 0 Å². The second-order valence-electron chi connectivity index (χ2n) is 3.11. The molecule has 0 fully saturated rings. The number of rotatable bonds is 5. The van der Waals surface area contributed by atoms with E-state index in [0.29, 0.717) is 17.9 Å². The summed E-state index contributed by atoms with van der Waals surface area (Å²) < 4.78 is 23.1. The van der Waals surface area contributed by atoms with Gasteiger partial charge in [-0.2, -0.15) is 0 Å². The van der Waals surface area contributed by atoms with Crippen LogP contribution in [0.1, 0.15) is 25.5 Å². The Morgan fingerprint density at radius 1 is 1.47 bits per heavy atom. The molecule has 0 spiro atoms. The van der Waals surface area contributed by atoms with E-state index in [9.17, 15) is 9.50 Å². The number of aliphatic hydroxyl groups excluding tert-OH is 1. The Labute approximate surface area is 88.4 Å². The molecule has 1 atom stereocenters. The quantitative estimate of drug-likeness (QED) is 0.603. The van der Waals surface area contributed by atoms with Gasteiger partial charge in [0.05, 0.1) is 6.10 Å². The van der Waals surface area contributed by atoms with Gasteiger partial charge in [-0.3, -0.25) is 0 Å². The topological polar surface area (TPSA) is 38.7 Å². The average Bonchev–Trinajstić information content (AvgIpc) is 2.18. The van der Waals surface area contributed by atoms with Crippen LogP contribution in [0.3, 0.4) is 0 Å². The molecule has 1 aromatic rings. The van der Waals surface area contributed by atoms with Gasteiger partial charge in [0, 0.05) is 18.2 Å². The van der Waals surface area contributed by atoms with Gasteiger partial charge in [0.25, 0.3) is 0 Å². The summed E-state index contributed by atoms with van der Waals surface area (Å²) in [6.07, 6.45) is -0.692. The van der Waals surface area contributed by atoms with E-state index in [-0.39, 0.29) is 6.79 Å². The van der Waals surface area contributed by atoms with Crippen LogP contribution in [0, 0.1) is 5.82 Å². The van der Waals surface area contributed by atoms with Crippen LogP contribution < -0.4 is 4.74 Å². The first-order chi connectivity index (χ1) is 7.15. The van der Waals surface area contributed by atoms with Crippen molar-refractivity contribution >= 4 is 0 Å². The van der Waals surface area contributed by atoms with Crippen LogP contribution in [-0.2, 0) is 4.74 Å². The average molecular weight is 214 g/mol. The normalized spacial score (nSPS) is 12.5. The van der Waals surface area contributed by atoms with Crippen LogP contribution in [-0.4, -0.2) is 18.5 Å². The van der Waals surface area contributed by atoms with Crippen LogP contribution in [0.5, 0.6) is 5.75 Å². The third kappa shape index (κ3) is 3.49. The van der Waals surface area contributed by atoms with Gasteiger partial charge in [-0.15, -0.1) is 0 Å². The number of halogens is 1. The monoisotopic (exact) mass is 214 g/mol. The molecule has 4 heteroatoms. The summed E-state index contributed by atoms with van der Waals surface area (Å²) in [5.41, 5.74) is 0.552. The molecule has 0 amide bonds. The molecule has 0 heterocycles. The Balaban J connectivity index is 2.77. The molecule has 1 aromatic carbocycles. The van der Waals surface area contributed by atoms with Crippen molar-refractivity contribution < 1.29 is 19.0 Å². The highest BCUT2D eigenvalue weighted by Gasteiger charge is 2.10. The second kappa shape index (κ2) is 5.68. The minimum atomic E-state index is -0.692. The first-order valence-electron chi connectivity index (χ1n) is 4.83. The minimum absolute atomic E-state index is 0.0552. The largest absolute Gasteiger partial charge is 0.467 e. The molecule has 1 N–H and O–H groups in total. The summed E-state index contributed by atoms with van der Waals surface area (Å²) in [7, 11) is 0. The summed E-state index contributed by atoms with van der Waals surface area (Å²) >= 11 is 0. The van der Waals surface area contributed by atoms with E-state index >= 15 is 0 Å². The summed E-state index contributed by atoms with van der Waals surface area (Å²) in [6, 6.07) is 4.03. The van der Waals surface area contributed by atoms with Gasteiger partial charge >= 0.3 is 0 Å². The zero-order valence-corrected chi connectivity index (χ0v) is 8.87. The lowest BCUT2D eigenvalue weighted by molar-refractivity contribution is 0.0203. The summed E-state index contributed by atoms with van der Waals surface area (Å²) in [4.78, 5) is 0. The number of benzene rings is 1. The molecule has 0 unspecified atom stereocenters.